The number of nitrogens with two attached hydrogens (primary N) is 2. The Bertz CT molecular complexity index is 3090. The molecule has 1 fully saturated rings. The average Bonchev–Trinajstić information content (AvgIpc) is 1.45. The van der Waals surface area contributed by atoms with Crippen molar-refractivity contribution in [2.45, 2.75) is 194 Å². The van der Waals surface area contributed by atoms with Crippen molar-refractivity contribution in [2.24, 2.45) is 35.1 Å². The Hall–Kier alpha value is -8.30. The number of aromatic nitrogens is 1. The molecule has 26 nitrogen and oxygen atoms in total. The predicted molar refractivity (Wildman–Crippen MR) is 358 cm³/mol. The van der Waals surface area contributed by atoms with E-state index in [1.54, 1.807) is 72.0 Å². The molecule has 12 amide bonds. The number of primary amides is 2. The zero-order valence-corrected chi connectivity index (χ0v) is 57.9. The quantitative estimate of drug-likeness (QED) is 0.0272. The number of benzene rings is 2. The number of nitrogens with one attached hydrogen (secondary N) is 5. The van der Waals surface area contributed by atoms with E-state index in [1.165, 1.54) is 66.4 Å². The SMILES string of the molecule is CC[C@H](C)[C@@H]([C@@H](CC(=O)N1CCC[C@H]1[C@H](OC)[C@@H](C)C(=O)N[C@@H](Cc1ccccc1)c1nccs1)OC)N(C)C(=O)[C@@H](NC(=O)C(C)(C)NC(=O)OCc1ccc(N(C(=O)[C@@H](NC(=O)CCCCCN2C(=O)C=CC2=O)C(C)C)[C@@H](CCCNC(N)=O)C(N)=O)cc1)C(C)C. The van der Waals surface area contributed by atoms with Crippen LogP contribution in [0.5, 0.6) is 0 Å². The Morgan fingerprint density at radius 3 is 2.03 bits per heavy atom. The molecule has 2 aliphatic heterocycles. The van der Waals surface area contributed by atoms with Crippen LogP contribution in [-0.4, -0.2) is 174 Å². The summed E-state index contributed by atoms with van der Waals surface area (Å²) in [6, 6.07) is 10.3. The second-order valence-electron chi connectivity index (χ2n) is 25.7. The molecule has 1 aromatic heterocycles. The van der Waals surface area contributed by atoms with Gasteiger partial charge in [0.05, 0.1) is 42.7 Å². The normalized spacial score (nSPS) is 16.8. The van der Waals surface area contributed by atoms with Gasteiger partial charge < -0.3 is 62.1 Å². The molecule has 0 saturated carbocycles. The van der Waals surface area contributed by atoms with Crippen LogP contribution in [0.4, 0.5) is 15.3 Å². The number of rotatable bonds is 38. The van der Waals surface area contributed by atoms with E-state index < -0.39 is 119 Å². The second kappa shape index (κ2) is 37.1. The summed E-state index contributed by atoms with van der Waals surface area (Å²) in [5.41, 5.74) is 11.3. The highest BCUT2D eigenvalue weighted by atomic mass is 32.1. The maximum Gasteiger partial charge on any atom is 0.408 e. The van der Waals surface area contributed by atoms with E-state index in [0.717, 1.165) is 15.5 Å². The van der Waals surface area contributed by atoms with Gasteiger partial charge in [-0.2, -0.15) is 0 Å². The van der Waals surface area contributed by atoms with Gasteiger partial charge >= 0.3 is 12.1 Å². The summed E-state index contributed by atoms with van der Waals surface area (Å²) in [5, 5.41) is 16.6. The van der Waals surface area contributed by atoms with Crippen LogP contribution in [0.3, 0.4) is 0 Å². The van der Waals surface area contributed by atoms with Gasteiger partial charge in [-0.1, -0.05) is 104 Å². The van der Waals surface area contributed by atoms with Crippen molar-refractivity contribution in [2.75, 3.05) is 45.8 Å². The van der Waals surface area contributed by atoms with Gasteiger partial charge in [-0.05, 0) is 99.8 Å². The van der Waals surface area contributed by atoms with Crippen molar-refractivity contribution in [1.82, 2.24) is 46.3 Å². The lowest BCUT2D eigenvalue weighted by molar-refractivity contribution is -0.148. The first-order valence-electron chi connectivity index (χ1n) is 32.7. The standard InChI is InChI=1S/C68H100N12O14S/c1-13-43(6)58(51(92-11)39-55(84)78-36-21-25-49(78)59(93-12)44(7)61(86)73-48(62-71-34-37-95-62)38-45-22-16-14-17-23-45)77(10)63(87)56(41(2)3)75-65(89)68(8,9)76-67(91)94-40-46-27-29-47(30-28-46)80(50(60(69)85)24-20-33-72-66(70)90)64(88)57(42(4)5)74-52(81)26-18-15-19-35-79-53(82)31-32-54(79)83/h14,16-17,22-23,27-32,34,37,41-44,48-51,56-59H,13,15,18-21,24-26,33,35-36,38-40H2,1-12H3,(H2,69,85)(H,73,86)(H,74,81)(H,75,89)(H,76,91)(H3,70,72,90)/t43-,44+,48-,49-,50-,51+,56-,57-,58-,59+/m0/s1. The molecule has 0 unspecified atom stereocenters. The van der Waals surface area contributed by atoms with Crippen molar-refractivity contribution in [1.29, 1.82) is 0 Å². The van der Waals surface area contributed by atoms with Crippen molar-refractivity contribution in [3.63, 3.8) is 0 Å². The molecule has 0 radical (unpaired) electrons. The fourth-order valence-electron chi connectivity index (χ4n) is 12.0. The number of likely N-dealkylation sites (tertiary alicyclic amines) is 1. The van der Waals surface area contributed by atoms with Crippen LogP contribution in [0.15, 0.2) is 78.3 Å². The summed E-state index contributed by atoms with van der Waals surface area (Å²) in [4.78, 5) is 158. The number of likely N-dealkylation sites (N-methyl/N-ethyl adjacent to an activating group) is 1. The Morgan fingerprint density at radius 2 is 1.45 bits per heavy atom. The number of amides is 12. The Balaban J connectivity index is 1.22. The van der Waals surface area contributed by atoms with Gasteiger partial charge in [0.25, 0.3) is 17.7 Å². The fourth-order valence-corrected chi connectivity index (χ4v) is 12.7. The number of carbonyl (C=O) groups is 11. The van der Waals surface area contributed by atoms with Gasteiger partial charge in [-0.25, -0.2) is 14.6 Å². The largest absolute Gasteiger partial charge is 0.445 e. The number of ether oxygens (including phenoxy) is 3. The Labute approximate surface area is 562 Å². The smallest absolute Gasteiger partial charge is 0.408 e. The van der Waals surface area contributed by atoms with E-state index in [-0.39, 0.29) is 74.8 Å². The lowest BCUT2D eigenvalue weighted by Gasteiger charge is -2.41. The van der Waals surface area contributed by atoms with E-state index in [0.29, 0.717) is 57.1 Å². The number of unbranched alkanes of at least 4 members (excludes halogenated alkanes) is 2. The highest BCUT2D eigenvalue weighted by Crippen LogP contribution is 2.32. The average molecular weight is 1340 g/mol. The molecule has 10 atom stereocenters. The molecule has 3 heterocycles. The molecule has 0 bridgehead atoms. The van der Waals surface area contributed by atoms with Gasteiger partial charge in [-0.3, -0.25) is 53.0 Å². The maximum atomic E-state index is 14.8. The first kappa shape index (κ1) is 77.4. The minimum Gasteiger partial charge on any atom is -0.445 e. The van der Waals surface area contributed by atoms with Crippen molar-refractivity contribution in [3.8, 4) is 0 Å². The Kier molecular flexibility index (Phi) is 30.2. The number of methoxy groups -OCH3 is 2. The van der Waals surface area contributed by atoms with Crippen LogP contribution in [0.25, 0.3) is 0 Å². The van der Waals surface area contributed by atoms with E-state index >= 15 is 0 Å². The predicted octanol–water partition coefficient (Wildman–Crippen LogP) is 5.57. The van der Waals surface area contributed by atoms with Crippen LogP contribution in [0.2, 0.25) is 0 Å². The number of imide groups is 1. The van der Waals surface area contributed by atoms with Crippen LogP contribution >= 0.6 is 11.3 Å². The number of urea groups is 1. The molecule has 0 spiro atoms. The zero-order chi connectivity index (χ0) is 70.3. The molecule has 2 aliphatic rings. The lowest BCUT2D eigenvalue weighted by atomic mass is 9.89. The van der Waals surface area contributed by atoms with Crippen molar-refractivity contribution < 1.29 is 67.0 Å². The van der Waals surface area contributed by atoms with E-state index in [4.69, 9.17) is 25.7 Å². The topological polar surface area (TPSA) is 353 Å². The number of anilines is 1. The number of thiazole rings is 1. The third kappa shape index (κ3) is 22.1. The van der Waals surface area contributed by atoms with Gasteiger partial charge in [0, 0.05) is 76.7 Å². The van der Waals surface area contributed by atoms with E-state index in [1.807, 2.05) is 49.6 Å². The number of nitrogens with zero attached hydrogens (tertiary/aromatic N) is 5. The van der Waals surface area contributed by atoms with Gasteiger partial charge in [0.2, 0.25) is 35.4 Å². The molecule has 3 aromatic rings. The molecule has 1 saturated heterocycles. The van der Waals surface area contributed by atoms with Gasteiger partial charge in [0.1, 0.15) is 35.3 Å². The molecular weight excluding hydrogens is 1240 g/mol. The minimum absolute atomic E-state index is 0.00201. The molecule has 0 aliphatic carbocycles. The highest BCUT2D eigenvalue weighted by Gasteiger charge is 2.44. The van der Waals surface area contributed by atoms with Crippen molar-refractivity contribution >= 4 is 82.3 Å². The summed E-state index contributed by atoms with van der Waals surface area (Å²) in [6.07, 6.45) is 5.70. The molecule has 2 aromatic carbocycles. The van der Waals surface area contributed by atoms with Crippen LogP contribution in [0.1, 0.15) is 149 Å². The number of alkyl carbamates (subject to hydrolysis) is 1. The van der Waals surface area contributed by atoms with Crippen LogP contribution < -0.4 is 43.0 Å². The number of carbonyl (C=O) groups excluding carboxylic acids is 11. The number of hydrogen-bond acceptors (Lipinski definition) is 16. The van der Waals surface area contributed by atoms with Crippen LogP contribution in [-0.2, 0) is 70.4 Å². The number of hydrogen-bond donors (Lipinski definition) is 7. The molecule has 522 valence electrons. The van der Waals surface area contributed by atoms with Gasteiger partial charge in [-0.15, -0.1) is 11.3 Å². The Morgan fingerprint density at radius 1 is 0.800 bits per heavy atom. The molecule has 5 rings (SSSR count). The van der Waals surface area contributed by atoms with E-state index in [2.05, 4.69) is 31.6 Å². The minimum atomic E-state index is -1.63. The summed E-state index contributed by atoms with van der Waals surface area (Å²) in [7, 11) is 4.67. The highest BCUT2D eigenvalue weighted by molar-refractivity contribution is 7.09. The first-order chi connectivity index (χ1) is 45.0. The summed E-state index contributed by atoms with van der Waals surface area (Å²) >= 11 is 1.46. The summed E-state index contributed by atoms with van der Waals surface area (Å²) in [5.74, 6) is -6.06. The third-order valence-electron chi connectivity index (χ3n) is 17.7. The van der Waals surface area contributed by atoms with Crippen molar-refractivity contribution in [3.05, 3.63) is 94.5 Å². The third-order valence-corrected chi connectivity index (χ3v) is 18.5. The molecule has 27 heteroatoms. The van der Waals surface area contributed by atoms with E-state index in [9.17, 15) is 52.7 Å². The zero-order valence-electron chi connectivity index (χ0n) is 57.1. The summed E-state index contributed by atoms with van der Waals surface area (Å²) in [6.45, 7) is 16.1. The second-order valence-corrected chi connectivity index (χ2v) is 26.6. The first-order valence-corrected chi connectivity index (χ1v) is 33.6. The maximum absolute atomic E-state index is 14.8. The summed E-state index contributed by atoms with van der Waals surface area (Å²) < 4.78 is 17.7. The molecule has 95 heavy (non-hydrogen) atoms. The molecule has 9 N–H and O–H groups in total. The molecular formula is C68H100N12O14S. The van der Waals surface area contributed by atoms with Gasteiger partial charge in [0.15, 0.2) is 0 Å². The lowest BCUT2D eigenvalue weighted by Crippen LogP contribution is -2.62. The fraction of sp³-hybridized carbons (Fsp3) is 0.588. The van der Waals surface area contributed by atoms with Crippen LogP contribution in [0, 0.1) is 23.7 Å². The monoisotopic (exact) mass is 1340 g/mol.